The van der Waals surface area contributed by atoms with Crippen molar-refractivity contribution in [2.45, 2.75) is 0 Å². The average Bonchev–Trinajstić information content (AvgIpc) is 3.07. The standard InChI is InChI=1S/C14H10O4S/c15-14(6-4-11-2-1-7-19-11)18-10-3-5-12-13(8-10)17-9-16-12/h1-8H,9H2/b6-4+. The molecular formula is C14H10O4S. The lowest BCUT2D eigenvalue weighted by atomic mass is 10.3. The predicted octanol–water partition coefficient (Wildman–Crippen LogP) is 3.10. The summed E-state index contributed by atoms with van der Waals surface area (Å²) in [4.78, 5) is 12.6. The van der Waals surface area contributed by atoms with Crippen LogP contribution < -0.4 is 14.2 Å². The van der Waals surface area contributed by atoms with Crippen LogP contribution in [0.5, 0.6) is 17.2 Å². The topological polar surface area (TPSA) is 44.8 Å². The summed E-state index contributed by atoms with van der Waals surface area (Å²) < 4.78 is 15.6. The fraction of sp³-hybridized carbons (Fsp3) is 0.0714. The first-order valence-electron chi connectivity index (χ1n) is 5.64. The summed E-state index contributed by atoms with van der Waals surface area (Å²) in [5, 5.41) is 1.95. The van der Waals surface area contributed by atoms with Gasteiger partial charge in [0.15, 0.2) is 11.5 Å². The van der Waals surface area contributed by atoms with Crippen LogP contribution in [0.15, 0.2) is 41.8 Å². The normalized spacial score (nSPS) is 12.8. The minimum atomic E-state index is -0.424. The summed E-state index contributed by atoms with van der Waals surface area (Å²) in [7, 11) is 0. The largest absolute Gasteiger partial charge is 0.454 e. The van der Waals surface area contributed by atoms with E-state index in [1.54, 1.807) is 35.6 Å². The van der Waals surface area contributed by atoms with E-state index in [0.717, 1.165) is 4.88 Å². The van der Waals surface area contributed by atoms with Crippen molar-refractivity contribution in [1.29, 1.82) is 0 Å². The van der Waals surface area contributed by atoms with Gasteiger partial charge < -0.3 is 14.2 Å². The molecule has 0 atom stereocenters. The van der Waals surface area contributed by atoms with Gasteiger partial charge in [0, 0.05) is 17.0 Å². The highest BCUT2D eigenvalue weighted by molar-refractivity contribution is 7.10. The van der Waals surface area contributed by atoms with Gasteiger partial charge in [-0.1, -0.05) is 6.07 Å². The van der Waals surface area contributed by atoms with Gasteiger partial charge in [-0.25, -0.2) is 4.79 Å². The molecule has 0 fully saturated rings. The summed E-state index contributed by atoms with van der Waals surface area (Å²) in [6.07, 6.45) is 3.12. The molecule has 1 aliphatic heterocycles. The van der Waals surface area contributed by atoms with Gasteiger partial charge in [-0.05, 0) is 29.7 Å². The van der Waals surface area contributed by atoms with E-state index in [1.807, 2.05) is 17.5 Å². The fourth-order valence-electron chi connectivity index (χ4n) is 1.63. The van der Waals surface area contributed by atoms with E-state index in [1.165, 1.54) is 6.08 Å². The number of hydrogen-bond acceptors (Lipinski definition) is 5. The molecule has 2 aromatic rings. The minimum absolute atomic E-state index is 0.199. The number of carbonyl (C=O) groups excluding carboxylic acids is 1. The second-order valence-corrected chi connectivity index (χ2v) is 4.76. The molecule has 1 aliphatic rings. The Kier molecular flexibility index (Phi) is 3.20. The number of rotatable bonds is 3. The van der Waals surface area contributed by atoms with E-state index in [9.17, 15) is 4.79 Å². The van der Waals surface area contributed by atoms with E-state index in [2.05, 4.69) is 0 Å². The molecule has 0 spiro atoms. The molecule has 0 amide bonds. The predicted molar refractivity (Wildman–Crippen MR) is 71.6 cm³/mol. The lowest BCUT2D eigenvalue weighted by molar-refractivity contribution is -0.128. The molecule has 0 unspecified atom stereocenters. The monoisotopic (exact) mass is 274 g/mol. The highest BCUT2D eigenvalue weighted by Gasteiger charge is 2.14. The first-order chi connectivity index (χ1) is 9.31. The van der Waals surface area contributed by atoms with Crippen molar-refractivity contribution < 1.29 is 19.0 Å². The molecule has 1 aromatic heterocycles. The Morgan fingerprint density at radius 3 is 3.00 bits per heavy atom. The van der Waals surface area contributed by atoms with Crippen LogP contribution in [0.3, 0.4) is 0 Å². The highest BCUT2D eigenvalue weighted by atomic mass is 32.1. The molecule has 0 radical (unpaired) electrons. The van der Waals surface area contributed by atoms with Gasteiger partial charge in [-0.15, -0.1) is 11.3 Å². The number of carbonyl (C=O) groups is 1. The minimum Gasteiger partial charge on any atom is -0.454 e. The van der Waals surface area contributed by atoms with Gasteiger partial charge in [0.05, 0.1) is 0 Å². The average molecular weight is 274 g/mol. The first kappa shape index (κ1) is 11.8. The van der Waals surface area contributed by atoms with Crippen LogP contribution in [0.2, 0.25) is 0 Å². The van der Waals surface area contributed by atoms with E-state index >= 15 is 0 Å². The molecule has 1 aromatic carbocycles. The summed E-state index contributed by atoms with van der Waals surface area (Å²) in [5.41, 5.74) is 0. The Hall–Kier alpha value is -2.27. The molecule has 0 bridgehead atoms. The van der Waals surface area contributed by atoms with Crippen LogP contribution >= 0.6 is 11.3 Å². The van der Waals surface area contributed by atoms with Crippen molar-refractivity contribution in [3.8, 4) is 17.2 Å². The van der Waals surface area contributed by atoms with E-state index in [4.69, 9.17) is 14.2 Å². The quantitative estimate of drug-likeness (QED) is 0.490. The van der Waals surface area contributed by atoms with Crippen LogP contribution in [0.25, 0.3) is 6.08 Å². The van der Waals surface area contributed by atoms with Crippen molar-refractivity contribution in [2.24, 2.45) is 0 Å². The molecule has 5 heteroatoms. The number of benzene rings is 1. The first-order valence-corrected chi connectivity index (χ1v) is 6.52. The molecule has 96 valence electrons. The van der Waals surface area contributed by atoms with Gasteiger partial charge in [0.25, 0.3) is 0 Å². The Labute approximate surface area is 113 Å². The number of fused-ring (bicyclic) bond motifs is 1. The zero-order valence-corrected chi connectivity index (χ0v) is 10.7. The summed E-state index contributed by atoms with van der Waals surface area (Å²) in [6, 6.07) is 8.88. The van der Waals surface area contributed by atoms with Gasteiger partial charge in [-0.3, -0.25) is 0 Å². The molecule has 0 saturated heterocycles. The zero-order valence-electron chi connectivity index (χ0n) is 9.87. The second-order valence-electron chi connectivity index (χ2n) is 3.78. The number of hydrogen-bond donors (Lipinski definition) is 0. The Morgan fingerprint density at radius 2 is 2.16 bits per heavy atom. The Balaban J connectivity index is 1.66. The third-order valence-electron chi connectivity index (χ3n) is 2.49. The molecular weight excluding hydrogens is 264 g/mol. The maximum atomic E-state index is 11.6. The zero-order chi connectivity index (χ0) is 13.1. The molecule has 0 N–H and O–H groups in total. The van der Waals surface area contributed by atoms with Crippen molar-refractivity contribution in [2.75, 3.05) is 6.79 Å². The summed E-state index contributed by atoms with van der Waals surface area (Å²) in [6.45, 7) is 0.199. The number of thiophene rings is 1. The SMILES string of the molecule is O=C(/C=C/c1cccs1)Oc1ccc2c(c1)OCO2. The lowest BCUT2D eigenvalue weighted by Gasteiger charge is -2.02. The van der Waals surface area contributed by atoms with E-state index in [-0.39, 0.29) is 6.79 Å². The highest BCUT2D eigenvalue weighted by Crippen LogP contribution is 2.35. The van der Waals surface area contributed by atoms with Crippen LogP contribution in [0.1, 0.15) is 4.88 Å². The molecule has 4 nitrogen and oxygen atoms in total. The van der Waals surface area contributed by atoms with Crippen LogP contribution in [-0.4, -0.2) is 12.8 Å². The van der Waals surface area contributed by atoms with Crippen molar-refractivity contribution in [3.05, 3.63) is 46.7 Å². The Bertz CT molecular complexity index is 616. The molecule has 2 heterocycles. The smallest absolute Gasteiger partial charge is 0.336 e. The molecule has 3 rings (SSSR count). The summed E-state index contributed by atoms with van der Waals surface area (Å²) >= 11 is 1.56. The van der Waals surface area contributed by atoms with Crippen molar-refractivity contribution >= 4 is 23.4 Å². The van der Waals surface area contributed by atoms with Crippen LogP contribution in [-0.2, 0) is 4.79 Å². The van der Waals surface area contributed by atoms with Crippen molar-refractivity contribution in [3.63, 3.8) is 0 Å². The third kappa shape index (κ3) is 2.77. The van der Waals surface area contributed by atoms with Crippen LogP contribution in [0, 0.1) is 0 Å². The number of esters is 1. The van der Waals surface area contributed by atoms with E-state index < -0.39 is 5.97 Å². The van der Waals surface area contributed by atoms with E-state index in [0.29, 0.717) is 17.2 Å². The second kappa shape index (κ2) is 5.16. The van der Waals surface area contributed by atoms with Gasteiger partial charge >= 0.3 is 5.97 Å². The maximum absolute atomic E-state index is 11.6. The maximum Gasteiger partial charge on any atom is 0.336 e. The molecule has 0 saturated carbocycles. The van der Waals surface area contributed by atoms with Gasteiger partial charge in [-0.2, -0.15) is 0 Å². The molecule has 19 heavy (non-hydrogen) atoms. The van der Waals surface area contributed by atoms with Gasteiger partial charge in [0.1, 0.15) is 5.75 Å². The fourth-order valence-corrected chi connectivity index (χ4v) is 2.24. The molecule has 0 aliphatic carbocycles. The van der Waals surface area contributed by atoms with Crippen LogP contribution in [0.4, 0.5) is 0 Å². The summed E-state index contributed by atoms with van der Waals surface area (Å²) in [5.74, 6) is 1.26. The third-order valence-corrected chi connectivity index (χ3v) is 3.33. The van der Waals surface area contributed by atoms with Gasteiger partial charge in [0.2, 0.25) is 6.79 Å². The number of ether oxygens (including phenoxy) is 3. The Morgan fingerprint density at radius 1 is 1.26 bits per heavy atom. The lowest BCUT2D eigenvalue weighted by Crippen LogP contribution is -2.03. The van der Waals surface area contributed by atoms with Crippen molar-refractivity contribution in [1.82, 2.24) is 0 Å².